The van der Waals surface area contributed by atoms with Gasteiger partial charge in [0, 0.05) is 43.7 Å². The molecule has 9 heteroatoms. The molecule has 4 rings (SSSR count). The molecule has 2 unspecified atom stereocenters. The number of aromatic nitrogens is 1. The molecular weight excluding hydrogens is 362 g/mol. The molecule has 150 valence electrons. The van der Waals surface area contributed by atoms with E-state index in [0.29, 0.717) is 29.6 Å². The normalized spacial score (nSPS) is 22.0. The molecule has 3 aliphatic heterocycles. The summed E-state index contributed by atoms with van der Waals surface area (Å²) >= 11 is 0. The van der Waals surface area contributed by atoms with Gasteiger partial charge in [-0.3, -0.25) is 4.79 Å². The van der Waals surface area contributed by atoms with Gasteiger partial charge in [-0.15, -0.1) is 0 Å². The molecule has 1 fully saturated rings. The molecule has 2 atom stereocenters. The number of hydrogen-bond donors (Lipinski definition) is 4. The number of aromatic amines is 1. The Morgan fingerprint density at radius 2 is 2.18 bits per heavy atom. The Bertz CT molecular complexity index is 837. The zero-order valence-electron chi connectivity index (χ0n) is 15.7. The van der Waals surface area contributed by atoms with Crippen LogP contribution in [0.2, 0.25) is 0 Å². The topological polar surface area (TPSA) is 116 Å². The van der Waals surface area contributed by atoms with Crippen molar-refractivity contribution in [1.29, 1.82) is 0 Å². The molecule has 3 aliphatic rings. The average molecular weight is 387 g/mol. The molecule has 28 heavy (non-hydrogen) atoms. The number of anilines is 1. The molecule has 1 amide bonds. The predicted octanol–water partition coefficient (Wildman–Crippen LogP) is 0.584. The van der Waals surface area contributed by atoms with Crippen molar-refractivity contribution in [2.75, 3.05) is 31.8 Å². The predicted molar refractivity (Wildman–Crippen MR) is 103 cm³/mol. The summed E-state index contributed by atoms with van der Waals surface area (Å²) in [6, 6.07) is 1.75. The number of methoxy groups -OCH3 is 1. The molecule has 0 spiro atoms. The van der Waals surface area contributed by atoms with E-state index in [1.165, 1.54) is 7.11 Å². The molecule has 1 aromatic rings. The van der Waals surface area contributed by atoms with Crippen LogP contribution in [-0.2, 0) is 4.74 Å². The fraction of sp³-hybridized carbons (Fsp3) is 0.421. The Morgan fingerprint density at radius 3 is 2.86 bits per heavy atom. The number of likely N-dealkylation sites (tertiary alicyclic amines) is 1. The minimum Gasteiger partial charge on any atom is -0.469 e. The van der Waals surface area contributed by atoms with Crippen molar-refractivity contribution in [3.8, 4) is 5.75 Å². The highest BCUT2D eigenvalue weighted by atomic mass is 16.6. The van der Waals surface area contributed by atoms with Crippen LogP contribution in [0.1, 0.15) is 23.3 Å². The van der Waals surface area contributed by atoms with E-state index in [1.54, 1.807) is 18.3 Å². The van der Waals surface area contributed by atoms with Crippen molar-refractivity contribution < 1.29 is 19.4 Å². The number of nitrogens with one attached hydrogen (secondary N) is 2. The third kappa shape index (κ3) is 3.51. The number of nitrogens with two attached hydrogens (primary N) is 1. The van der Waals surface area contributed by atoms with Crippen LogP contribution in [-0.4, -0.2) is 60.3 Å². The number of fused-ring (bicyclic) bond motifs is 1. The highest BCUT2D eigenvalue weighted by Crippen LogP contribution is 2.35. The number of amides is 1. The largest absolute Gasteiger partial charge is 0.469 e. The van der Waals surface area contributed by atoms with Gasteiger partial charge in [0.25, 0.3) is 5.91 Å². The van der Waals surface area contributed by atoms with Gasteiger partial charge in [-0.25, -0.2) is 0 Å². The second-order valence-electron chi connectivity index (χ2n) is 6.96. The number of dihydropyridines is 1. The second-order valence-corrected chi connectivity index (χ2v) is 6.96. The van der Waals surface area contributed by atoms with Gasteiger partial charge in [0.15, 0.2) is 24.6 Å². The van der Waals surface area contributed by atoms with Crippen LogP contribution in [0, 0.1) is 0 Å². The SMILES string of the molecule is COC(O)C1=CN/C(=C\C(N)N2COc3cc(C(=O)N4CCCC4)[nH]c32)C=C1. The van der Waals surface area contributed by atoms with E-state index in [4.69, 9.17) is 15.2 Å². The summed E-state index contributed by atoms with van der Waals surface area (Å²) in [5.74, 6) is 1.33. The van der Waals surface area contributed by atoms with Crippen molar-refractivity contribution in [2.24, 2.45) is 5.73 Å². The zero-order chi connectivity index (χ0) is 19.7. The van der Waals surface area contributed by atoms with Crippen LogP contribution in [0.25, 0.3) is 0 Å². The van der Waals surface area contributed by atoms with Crippen molar-refractivity contribution in [3.63, 3.8) is 0 Å². The number of carbonyl (C=O) groups is 1. The van der Waals surface area contributed by atoms with E-state index in [1.807, 2.05) is 22.0 Å². The first-order chi connectivity index (χ1) is 13.6. The Morgan fingerprint density at radius 1 is 1.39 bits per heavy atom. The number of carbonyl (C=O) groups excluding carboxylic acids is 1. The molecule has 0 aliphatic carbocycles. The van der Waals surface area contributed by atoms with Gasteiger partial charge in [-0.2, -0.15) is 0 Å². The van der Waals surface area contributed by atoms with Crippen molar-refractivity contribution in [2.45, 2.75) is 25.3 Å². The lowest BCUT2D eigenvalue weighted by molar-refractivity contribution is -0.0424. The molecule has 9 nitrogen and oxygen atoms in total. The van der Waals surface area contributed by atoms with Gasteiger partial charge in [0.2, 0.25) is 0 Å². The third-order valence-electron chi connectivity index (χ3n) is 5.11. The van der Waals surface area contributed by atoms with Crippen LogP contribution >= 0.6 is 0 Å². The van der Waals surface area contributed by atoms with Crippen molar-refractivity contribution >= 4 is 11.7 Å². The smallest absolute Gasteiger partial charge is 0.270 e. The van der Waals surface area contributed by atoms with Gasteiger partial charge in [0.1, 0.15) is 11.9 Å². The Labute approximate surface area is 163 Å². The fourth-order valence-corrected chi connectivity index (χ4v) is 3.51. The molecule has 5 N–H and O–H groups in total. The maximum atomic E-state index is 12.6. The highest BCUT2D eigenvalue weighted by molar-refractivity contribution is 5.94. The van der Waals surface area contributed by atoms with Crippen LogP contribution < -0.4 is 20.7 Å². The minimum atomic E-state index is -0.973. The first-order valence-corrected chi connectivity index (χ1v) is 9.31. The van der Waals surface area contributed by atoms with Crippen LogP contribution in [0.5, 0.6) is 5.75 Å². The summed E-state index contributed by atoms with van der Waals surface area (Å²) in [7, 11) is 1.44. The molecule has 1 saturated heterocycles. The van der Waals surface area contributed by atoms with Gasteiger partial charge in [0.05, 0.1) is 0 Å². The van der Waals surface area contributed by atoms with E-state index in [2.05, 4.69) is 10.3 Å². The summed E-state index contributed by atoms with van der Waals surface area (Å²) in [4.78, 5) is 19.4. The van der Waals surface area contributed by atoms with Gasteiger partial charge < -0.3 is 40.4 Å². The number of allylic oxidation sites excluding steroid dienone is 1. The van der Waals surface area contributed by atoms with E-state index in [-0.39, 0.29) is 5.91 Å². The maximum absolute atomic E-state index is 12.6. The van der Waals surface area contributed by atoms with Gasteiger partial charge in [-0.1, -0.05) is 6.08 Å². The monoisotopic (exact) mass is 387 g/mol. The van der Waals surface area contributed by atoms with Crippen LogP contribution in [0.4, 0.5) is 5.82 Å². The highest BCUT2D eigenvalue weighted by Gasteiger charge is 2.30. The standard InChI is InChI=1S/C19H25N5O4/c1-27-19(26)12-4-5-13(21-10-12)8-16(20)24-11-28-15-9-14(22-17(15)24)18(25)23-6-2-3-7-23/h4-5,8-10,16,19,21-22,26H,2-3,6-7,11,20H2,1H3/b13-8-. The summed E-state index contributed by atoms with van der Waals surface area (Å²) in [5, 5.41) is 12.7. The number of rotatable bonds is 5. The lowest BCUT2D eigenvalue weighted by Gasteiger charge is -2.23. The number of aliphatic hydroxyl groups is 1. The number of nitrogens with zero attached hydrogens (tertiary/aromatic N) is 2. The lowest BCUT2D eigenvalue weighted by atomic mass is 10.1. The van der Waals surface area contributed by atoms with E-state index < -0.39 is 12.5 Å². The van der Waals surface area contributed by atoms with Crippen molar-refractivity contribution in [3.05, 3.63) is 47.5 Å². The number of H-pyrrole nitrogens is 1. The first kappa shape index (κ1) is 18.6. The van der Waals surface area contributed by atoms with Crippen molar-refractivity contribution in [1.82, 2.24) is 15.2 Å². The Balaban J connectivity index is 1.45. The molecule has 4 heterocycles. The van der Waals surface area contributed by atoms with E-state index in [9.17, 15) is 9.90 Å². The summed E-state index contributed by atoms with van der Waals surface area (Å²) < 4.78 is 10.6. The van der Waals surface area contributed by atoms with Gasteiger partial charge >= 0.3 is 0 Å². The Kier molecular flexibility index (Phi) is 5.12. The summed E-state index contributed by atoms with van der Waals surface area (Å²) in [5.41, 5.74) is 8.26. The van der Waals surface area contributed by atoms with E-state index in [0.717, 1.165) is 31.6 Å². The zero-order valence-corrected chi connectivity index (χ0v) is 15.7. The number of aliphatic hydroxyl groups excluding tert-OH is 1. The quantitative estimate of drug-likeness (QED) is 0.546. The third-order valence-corrected chi connectivity index (χ3v) is 5.11. The second kappa shape index (κ2) is 7.70. The van der Waals surface area contributed by atoms with Crippen LogP contribution in [0.15, 0.2) is 41.8 Å². The first-order valence-electron chi connectivity index (χ1n) is 9.31. The molecular formula is C19H25N5O4. The maximum Gasteiger partial charge on any atom is 0.270 e. The lowest BCUT2D eigenvalue weighted by Crippen LogP contribution is -2.41. The van der Waals surface area contributed by atoms with E-state index >= 15 is 0 Å². The minimum absolute atomic E-state index is 0.00590. The summed E-state index contributed by atoms with van der Waals surface area (Å²) in [6.45, 7) is 1.89. The molecule has 0 bridgehead atoms. The molecule has 0 saturated carbocycles. The average Bonchev–Trinajstić information content (AvgIpc) is 3.44. The molecule has 0 radical (unpaired) electrons. The molecule has 0 aromatic carbocycles. The Hall–Kier alpha value is -2.75. The fourth-order valence-electron chi connectivity index (χ4n) is 3.51. The van der Waals surface area contributed by atoms with Crippen LogP contribution in [0.3, 0.4) is 0 Å². The number of ether oxygens (including phenoxy) is 2. The molecule has 1 aromatic heterocycles. The number of hydrogen-bond acceptors (Lipinski definition) is 7. The van der Waals surface area contributed by atoms with Gasteiger partial charge in [-0.05, 0) is 25.0 Å². The summed E-state index contributed by atoms with van der Waals surface area (Å²) in [6.07, 6.45) is 7.73.